The quantitative estimate of drug-likeness (QED) is 0.820. The molecule has 0 bridgehead atoms. The smallest absolute Gasteiger partial charge is 0.395 e. The van der Waals surface area contributed by atoms with Crippen LogP contribution in [0.3, 0.4) is 0 Å². The van der Waals surface area contributed by atoms with E-state index in [1.54, 1.807) is 0 Å². The molecule has 1 aromatic carbocycles. The summed E-state index contributed by atoms with van der Waals surface area (Å²) >= 11 is 0. The Bertz CT molecular complexity index is 621. The van der Waals surface area contributed by atoms with Gasteiger partial charge in [0, 0.05) is 24.3 Å². The highest BCUT2D eigenvalue weighted by Gasteiger charge is 2.43. The maximum atomic E-state index is 13.0. The molecule has 1 aromatic rings. The number of hydrogen-bond acceptors (Lipinski definition) is 5. The van der Waals surface area contributed by atoms with Crippen LogP contribution in [-0.2, 0) is 4.79 Å². The number of ether oxygens (including phenoxy) is 2. The van der Waals surface area contributed by atoms with Gasteiger partial charge in [0.2, 0.25) is 5.91 Å². The number of rotatable bonds is 6. The van der Waals surface area contributed by atoms with Crippen LogP contribution in [0.2, 0.25) is 0 Å². The summed E-state index contributed by atoms with van der Waals surface area (Å²) in [5, 5.41) is 11.9. The maximum absolute atomic E-state index is 13.0. The fraction of sp³-hybridized carbons (Fsp3) is 0.588. The molecule has 2 aliphatic rings. The number of fused-ring (bicyclic) bond motifs is 1. The van der Waals surface area contributed by atoms with Crippen LogP contribution < -0.4 is 14.8 Å². The minimum absolute atomic E-state index is 0.0110. The van der Waals surface area contributed by atoms with Crippen molar-refractivity contribution in [1.82, 2.24) is 4.90 Å². The Kier molecular flexibility index (Phi) is 5.39. The van der Waals surface area contributed by atoms with Gasteiger partial charge >= 0.3 is 6.29 Å². The maximum Gasteiger partial charge on any atom is 0.586 e. The van der Waals surface area contributed by atoms with Crippen molar-refractivity contribution in [2.45, 2.75) is 44.4 Å². The molecule has 6 nitrogen and oxygen atoms in total. The summed E-state index contributed by atoms with van der Waals surface area (Å²) in [5.74, 6) is -0.431. The molecule has 2 N–H and O–H groups in total. The van der Waals surface area contributed by atoms with Crippen LogP contribution in [0.1, 0.15) is 32.1 Å². The van der Waals surface area contributed by atoms with E-state index in [1.165, 1.54) is 24.6 Å². The van der Waals surface area contributed by atoms with Gasteiger partial charge in [-0.3, -0.25) is 9.69 Å². The molecule has 138 valence electrons. The number of nitrogens with zero attached hydrogens (tertiary/aromatic N) is 1. The number of benzene rings is 1. The number of carbonyl (C=O) groups is 1. The van der Waals surface area contributed by atoms with Crippen LogP contribution in [0, 0.1) is 0 Å². The van der Waals surface area contributed by atoms with Gasteiger partial charge in [-0.05, 0) is 25.0 Å². The second kappa shape index (κ2) is 7.53. The first kappa shape index (κ1) is 17.9. The molecule has 3 rings (SSSR count). The number of alkyl halides is 2. The molecular weight excluding hydrogens is 334 g/mol. The van der Waals surface area contributed by atoms with Gasteiger partial charge in [0.25, 0.3) is 0 Å². The van der Waals surface area contributed by atoms with E-state index in [0.717, 1.165) is 25.7 Å². The molecule has 1 aliphatic heterocycles. The summed E-state index contributed by atoms with van der Waals surface area (Å²) in [6.07, 6.45) is 1.83. The lowest BCUT2D eigenvalue weighted by Crippen LogP contribution is -2.43. The van der Waals surface area contributed by atoms with Gasteiger partial charge < -0.3 is 19.9 Å². The summed E-state index contributed by atoms with van der Waals surface area (Å²) in [5.41, 5.74) is 0.359. The van der Waals surface area contributed by atoms with Crippen LogP contribution in [0.4, 0.5) is 14.5 Å². The van der Waals surface area contributed by atoms with Gasteiger partial charge in [0.1, 0.15) is 0 Å². The van der Waals surface area contributed by atoms with E-state index in [-0.39, 0.29) is 30.6 Å². The van der Waals surface area contributed by atoms with E-state index in [0.29, 0.717) is 18.3 Å². The van der Waals surface area contributed by atoms with E-state index >= 15 is 0 Å². The number of amides is 1. The van der Waals surface area contributed by atoms with Crippen LogP contribution in [0.25, 0.3) is 0 Å². The van der Waals surface area contributed by atoms with Crippen molar-refractivity contribution < 1.29 is 28.2 Å². The lowest BCUT2D eigenvalue weighted by Gasteiger charge is -2.33. The third-order valence-corrected chi connectivity index (χ3v) is 4.51. The number of halogens is 2. The molecule has 1 amide bonds. The Morgan fingerprint density at radius 3 is 2.68 bits per heavy atom. The third kappa shape index (κ3) is 4.58. The van der Waals surface area contributed by atoms with E-state index < -0.39 is 6.29 Å². The largest absolute Gasteiger partial charge is 0.586 e. The van der Waals surface area contributed by atoms with E-state index in [4.69, 9.17) is 0 Å². The van der Waals surface area contributed by atoms with Crippen molar-refractivity contribution in [3.8, 4) is 11.5 Å². The Morgan fingerprint density at radius 2 is 1.96 bits per heavy atom. The van der Waals surface area contributed by atoms with Gasteiger partial charge in [-0.1, -0.05) is 19.3 Å². The summed E-state index contributed by atoms with van der Waals surface area (Å²) in [7, 11) is 0. The lowest BCUT2D eigenvalue weighted by atomic mass is 9.94. The minimum atomic E-state index is -3.68. The van der Waals surface area contributed by atoms with Gasteiger partial charge in [-0.25, -0.2) is 0 Å². The Labute approximate surface area is 144 Å². The predicted octanol–water partition coefficient (Wildman–Crippen LogP) is 2.57. The van der Waals surface area contributed by atoms with E-state index in [1.807, 2.05) is 4.90 Å². The predicted molar refractivity (Wildman–Crippen MR) is 86.8 cm³/mol. The van der Waals surface area contributed by atoms with Crippen molar-refractivity contribution in [2.24, 2.45) is 0 Å². The summed E-state index contributed by atoms with van der Waals surface area (Å²) in [6, 6.07) is 4.42. The van der Waals surface area contributed by atoms with Crippen molar-refractivity contribution in [2.75, 3.05) is 25.0 Å². The van der Waals surface area contributed by atoms with Gasteiger partial charge in [0.15, 0.2) is 11.5 Å². The van der Waals surface area contributed by atoms with Crippen molar-refractivity contribution in [1.29, 1.82) is 0 Å². The summed E-state index contributed by atoms with van der Waals surface area (Å²) in [6.45, 7) is 0.574. The average Bonchev–Trinajstić information content (AvgIpc) is 2.88. The fourth-order valence-electron chi connectivity index (χ4n) is 3.38. The zero-order chi connectivity index (χ0) is 17.9. The Morgan fingerprint density at radius 1 is 1.24 bits per heavy atom. The molecule has 1 saturated carbocycles. The molecule has 0 unspecified atom stereocenters. The number of nitrogens with one attached hydrogen (secondary N) is 1. The Hall–Kier alpha value is -1.93. The van der Waals surface area contributed by atoms with Crippen LogP contribution >= 0.6 is 0 Å². The fourth-order valence-corrected chi connectivity index (χ4v) is 3.38. The van der Waals surface area contributed by atoms with E-state index in [9.17, 15) is 18.7 Å². The van der Waals surface area contributed by atoms with Crippen molar-refractivity contribution >= 4 is 11.6 Å². The zero-order valence-electron chi connectivity index (χ0n) is 13.8. The third-order valence-electron chi connectivity index (χ3n) is 4.51. The van der Waals surface area contributed by atoms with Crippen molar-refractivity contribution in [3.63, 3.8) is 0 Å². The van der Waals surface area contributed by atoms with Gasteiger partial charge in [0.05, 0.1) is 13.2 Å². The second-order valence-electron chi connectivity index (χ2n) is 6.36. The average molecular weight is 356 g/mol. The molecule has 1 fully saturated rings. The first-order valence-corrected chi connectivity index (χ1v) is 8.51. The van der Waals surface area contributed by atoms with Crippen LogP contribution in [0.5, 0.6) is 11.5 Å². The standard InChI is InChI=1S/C17H22F2N2O4/c18-17(19)24-14-7-6-12(10-15(14)25-17)20-16(23)11-21(8-9-22)13-4-2-1-3-5-13/h6-7,10,13,22H,1-5,8-9,11H2,(H,20,23). The zero-order valence-corrected chi connectivity index (χ0v) is 13.8. The first-order chi connectivity index (χ1) is 12.0. The van der Waals surface area contributed by atoms with Crippen LogP contribution in [-0.4, -0.2) is 47.9 Å². The summed E-state index contributed by atoms with van der Waals surface area (Å²) in [4.78, 5) is 14.3. The number of aliphatic hydroxyl groups excluding tert-OH is 1. The topological polar surface area (TPSA) is 71.0 Å². The normalized spacial score (nSPS) is 19.2. The molecule has 0 saturated heterocycles. The Balaban J connectivity index is 1.60. The molecule has 0 spiro atoms. The molecule has 1 aliphatic carbocycles. The molecule has 0 radical (unpaired) electrons. The molecule has 1 heterocycles. The highest BCUT2D eigenvalue weighted by atomic mass is 19.3. The van der Waals surface area contributed by atoms with Crippen molar-refractivity contribution in [3.05, 3.63) is 18.2 Å². The second-order valence-corrected chi connectivity index (χ2v) is 6.36. The number of anilines is 1. The summed E-state index contributed by atoms with van der Waals surface area (Å²) < 4.78 is 34.8. The number of aliphatic hydroxyl groups is 1. The first-order valence-electron chi connectivity index (χ1n) is 8.51. The molecule has 25 heavy (non-hydrogen) atoms. The molecule has 0 atom stereocenters. The molecule has 0 aromatic heterocycles. The van der Waals surface area contributed by atoms with Crippen LogP contribution in [0.15, 0.2) is 18.2 Å². The molecular formula is C17H22F2N2O4. The molecule has 8 heteroatoms. The SMILES string of the molecule is O=C(CN(CCO)C1CCCCC1)Nc1ccc2c(c1)OC(F)(F)O2. The highest BCUT2D eigenvalue weighted by molar-refractivity contribution is 5.92. The van der Waals surface area contributed by atoms with Gasteiger partial charge in [-0.15, -0.1) is 8.78 Å². The monoisotopic (exact) mass is 356 g/mol. The number of carbonyl (C=O) groups excluding carboxylic acids is 1. The highest BCUT2D eigenvalue weighted by Crippen LogP contribution is 2.42. The lowest BCUT2D eigenvalue weighted by molar-refractivity contribution is -0.286. The van der Waals surface area contributed by atoms with E-state index in [2.05, 4.69) is 14.8 Å². The minimum Gasteiger partial charge on any atom is -0.395 e. The number of hydrogen-bond donors (Lipinski definition) is 2. The van der Waals surface area contributed by atoms with Gasteiger partial charge in [-0.2, -0.15) is 0 Å².